The van der Waals surface area contributed by atoms with E-state index in [4.69, 9.17) is 16.0 Å². The van der Waals surface area contributed by atoms with E-state index in [2.05, 4.69) is 0 Å². The molecule has 2 nitrogen and oxygen atoms in total. The number of alkyl halides is 1. The van der Waals surface area contributed by atoms with Gasteiger partial charge in [-0.15, -0.1) is 11.6 Å². The molecule has 1 rings (SSSR count). The molecule has 0 radical (unpaired) electrons. The summed E-state index contributed by atoms with van der Waals surface area (Å²) in [4.78, 5) is 0. The standard InChI is InChI=1S/C12H14ClF2NOSi/c1-18(2,3)17-12(7-13,8-16)10-5-4-9(14)6-11(10)15/h4-6H,7H2,1-3H3/t12-/m0/s1. The highest BCUT2D eigenvalue weighted by Crippen LogP contribution is 2.32. The quantitative estimate of drug-likeness (QED) is 0.624. The van der Waals surface area contributed by atoms with Gasteiger partial charge in [0.05, 0.1) is 5.88 Å². The van der Waals surface area contributed by atoms with Crippen LogP contribution in [0.25, 0.3) is 0 Å². The number of nitrogens with zero attached hydrogens (tertiary/aromatic N) is 1. The summed E-state index contributed by atoms with van der Waals surface area (Å²) >= 11 is 5.79. The van der Waals surface area contributed by atoms with Crippen molar-refractivity contribution in [2.24, 2.45) is 0 Å². The number of hydrogen-bond donors (Lipinski definition) is 0. The van der Waals surface area contributed by atoms with Crippen LogP contribution >= 0.6 is 11.6 Å². The molecule has 0 aliphatic carbocycles. The molecule has 0 unspecified atom stereocenters. The van der Waals surface area contributed by atoms with Gasteiger partial charge in [0.15, 0.2) is 13.9 Å². The Balaban J connectivity index is 3.32. The molecule has 0 saturated carbocycles. The van der Waals surface area contributed by atoms with Gasteiger partial charge in [-0.1, -0.05) is 0 Å². The second-order valence-electron chi connectivity index (χ2n) is 4.91. The number of benzene rings is 1. The normalized spacial score (nSPS) is 14.9. The van der Waals surface area contributed by atoms with Crippen LogP contribution in [0.1, 0.15) is 5.56 Å². The van der Waals surface area contributed by atoms with Crippen LogP contribution in [0.4, 0.5) is 8.78 Å². The number of halogens is 3. The number of nitriles is 1. The molecule has 0 amide bonds. The Morgan fingerprint density at radius 1 is 1.39 bits per heavy atom. The molecule has 0 aromatic heterocycles. The lowest BCUT2D eigenvalue weighted by Crippen LogP contribution is -2.41. The highest BCUT2D eigenvalue weighted by Gasteiger charge is 2.39. The highest BCUT2D eigenvalue weighted by molar-refractivity contribution is 6.69. The molecule has 98 valence electrons. The van der Waals surface area contributed by atoms with E-state index in [1.54, 1.807) is 0 Å². The van der Waals surface area contributed by atoms with E-state index in [1.165, 1.54) is 6.07 Å². The smallest absolute Gasteiger partial charge is 0.186 e. The Labute approximate surface area is 111 Å². The van der Waals surface area contributed by atoms with Gasteiger partial charge in [0.2, 0.25) is 0 Å². The van der Waals surface area contributed by atoms with Gasteiger partial charge in [0, 0.05) is 11.6 Å². The summed E-state index contributed by atoms with van der Waals surface area (Å²) in [6.45, 7) is 5.60. The van der Waals surface area contributed by atoms with Gasteiger partial charge in [-0.3, -0.25) is 0 Å². The van der Waals surface area contributed by atoms with Crippen LogP contribution in [0, 0.1) is 23.0 Å². The van der Waals surface area contributed by atoms with E-state index < -0.39 is 25.6 Å². The largest absolute Gasteiger partial charge is 0.396 e. The van der Waals surface area contributed by atoms with E-state index in [1.807, 2.05) is 25.7 Å². The van der Waals surface area contributed by atoms with E-state index in [0.717, 1.165) is 12.1 Å². The van der Waals surface area contributed by atoms with Crippen molar-refractivity contribution in [1.82, 2.24) is 0 Å². The lowest BCUT2D eigenvalue weighted by atomic mass is 9.97. The third kappa shape index (κ3) is 3.28. The fourth-order valence-corrected chi connectivity index (χ4v) is 3.23. The van der Waals surface area contributed by atoms with Crippen LogP contribution in [0.2, 0.25) is 19.6 Å². The van der Waals surface area contributed by atoms with Crippen LogP contribution in [0.15, 0.2) is 18.2 Å². The summed E-state index contributed by atoms with van der Waals surface area (Å²) < 4.78 is 32.4. The lowest BCUT2D eigenvalue weighted by molar-refractivity contribution is 0.140. The highest BCUT2D eigenvalue weighted by atomic mass is 35.5. The second-order valence-corrected chi connectivity index (χ2v) is 9.61. The molecule has 0 spiro atoms. The molecule has 0 fully saturated rings. The molecule has 0 aliphatic rings. The molecular weight excluding hydrogens is 276 g/mol. The molecule has 0 bridgehead atoms. The minimum atomic E-state index is -2.12. The molecule has 0 heterocycles. The van der Waals surface area contributed by atoms with E-state index in [-0.39, 0.29) is 11.4 Å². The van der Waals surface area contributed by atoms with E-state index >= 15 is 0 Å². The molecule has 0 N–H and O–H groups in total. The first-order valence-electron chi connectivity index (χ1n) is 5.37. The Hall–Kier alpha value is -0.963. The monoisotopic (exact) mass is 289 g/mol. The van der Waals surface area contributed by atoms with Gasteiger partial charge in [-0.2, -0.15) is 5.26 Å². The van der Waals surface area contributed by atoms with Gasteiger partial charge in [0.25, 0.3) is 0 Å². The SMILES string of the molecule is C[Si](C)(C)O[C@](C#N)(CCl)c1ccc(F)cc1F. The van der Waals surface area contributed by atoms with Crippen molar-refractivity contribution in [3.8, 4) is 6.07 Å². The Bertz CT molecular complexity index is 484. The fourth-order valence-electron chi connectivity index (χ4n) is 1.61. The van der Waals surface area contributed by atoms with Crippen molar-refractivity contribution < 1.29 is 13.2 Å². The minimum absolute atomic E-state index is 0.0242. The maximum absolute atomic E-state index is 13.8. The average Bonchev–Trinajstić information content (AvgIpc) is 2.25. The summed E-state index contributed by atoms with van der Waals surface area (Å²) in [7, 11) is -2.12. The first kappa shape index (κ1) is 15.1. The summed E-state index contributed by atoms with van der Waals surface area (Å²) in [6.07, 6.45) is 0. The Morgan fingerprint density at radius 3 is 2.39 bits per heavy atom. The molecule has 0 aliphatic heterocycles. The van der Waals surface area contributed by atoms with Crippen LogP contribution in [0.3, 0.4) is 0 Å². The fraction of sp³-hybridized carbons (Fsp3) is 0.417. The second kappa shape index (κ2) is 5.35. The van der Waals surface area contributed by atoms with Crippen molar-refractivity contribution in [2.75, 3.05) is 5.88 Å². The molecule has 1 aromatic carbocycles. The Morgan fingerprint density at radius 2 is 2.00 bits per heavy atom. The van der Waals surface area contributed by atoms with Crippen LogP contribution in [-0.2, 0) is 10.0 Å². The lowest BCUT2D eigenvalue weighted by Gasteiger charge is -2.32. The molecule has 6 heteroatoms. The summed E-state index contributed by atoms with van der Waals surface area (Å²) in [5, 5.41) is 9.29. The zero-order valence-corrected chi connectivity index (χ0v) is 12.2. The van der Waals surface area contributed by atoms with E-state index in [0.29, 0.717) is 0 Å². The third-order valence-electron chi connectivity index (χ3n) is 2.22. The van der Waals surface area contributed by atoms with Gasteiger partial charge in [0.1, 0.15) is 17.7 Å². The molecule has 18 heavy (non-hydrogen) atoms. The summed E-state index contributed by atoms with van der Waals surface area (Å²) in [6, 6.07) is 4.93. The molecule has 1 atom stereocenters. The van der Waals surface area contributed by atoms with Gasteiger partial charge < -0.3 is 4.43 Å². The van der Waals surface area contributed by atoms with Crippen molar-refractivity contribution in [3.05, 3.63) is 35.4 Å². The van der Waals surface area contributed by atoms with Crippen LogP contribution < -0.4 is 0 Å². The Kier molecular flexibility index (Phi) is 4.49. The van der Waals surface area contributed by atoms with Crippen molar-refractivity contribution in [2.45, 2.75) is 25.2 Å². The first-order chi connectivity index (χ1) is 8.24. The molecule has 1 aromatic rings. The summed E-state index contributed by atoms with van der Waals surface area (Å²) in [5.41, 5.74) is -1.59. The van der Waals surface area contributed by atoms with Crippen LogP contribution in [-0.4, -0.2) is 14.2 Å². The predicted molar refractivity (Wildman–Crippen MR) is 68.8 cm³/mol. The van der Waals surface area contributed by atoms with Gasteiger partial charge in [-0.05, 0) is 31.8 Å². The average molecular weight is 290 g/mol. The first-order valence-corrected chi connectivity index (χ1v) is 9.31. The summed E-state index contributed by atoms with van der Waals surface area (Å²) in [5.74, 6) is -1.74. The van der Waals surface area contributed by atoms with Crippen molar-refractivity contribution in [3.63, 3.8) is 0 Å². The topological polar surface area (TPSA) is 33.0 Å². The number of hydrogen-bond acceptors (Lipinski definition) is 2. The van der Waals surface area contributed by atoms with Gasteiger partial charge >= 0.3 is 0 Å². The maximum atomic E-state index is 13.8. The van der Waals surface area contributed by atoms with Crippen molar-refractivity contribution >= 4 is 19.9 Å². The molecule has 0 saturated heterocycles. The van der Waals surface area contributed by atoms with E-state index in [9.17, 15) is 14.0 Å². The van der Waals surface area contributed by atoms with Gasteiger partial charge in [-0.25, -0.2) is 8.78 Å². The minimum Gasteiger partial charge on any atom is -0.396 e. The van der Waals surface area contributed by atoms with Crippen molar-refractivity contribution in [1.29, 1.82) is 5.26 Å². The predicted octanol–water partition coefficient (Wildman–Crippen LogP) is 3.77. The van der Waals surface area contributed by atoms with Crippen LogP contribution in [0.5, 0.6) is 0 Å². The number of rotatable bonds is 4. The zero-order valence-electron chi connectivity index (χ0n) is 10.4. The maximum Gasteiger partial charge on any atom is 0.186 e. The zero-order chi connectivity index (χ0) is 14.0. The molecular formula is C12H14ClF2NOSi. The third-order valence-corrected chi connectivity index (χ3v) is 3.55.